The molecule has 4 aromatic heterocycles. The van der Waals surface area contributed by atoms with Gasteiger partial charge in [0.05, 0.1) is 5.69 Å². The molecule has 1 aromatic carbocycles. The zero-order chi connectivity index (χ0) is 21.9. The molecule has 0 aliphatic heterocycles. The molecule has 154 valence electrons. The summed E-state index contributed by atoms with van der Waals surface area (Å²) in [4.78, 5) is 35.8. The summed E-state index contributed by atoms with van der Waals surface area (Å²) in [6.07, 6.45) is 8.65. The molecule has 0 saturated carbocycles. The van der Waals surface area contributed by atoms with Gasteiger partial charge in [-0.05, 0) is 37.1 Å². The highest BCUT2D eigenvalue weighted by Crippen LogP contribution is 2.23. The number of pyridine rings is 1. The van der Waals surface area contributed by atoms with Crippen LogP contribution in [0.1, 0.15) is 11.1 Å². The Morgan fingerprint density at radius 1 is 0.438 bits per heavy atom. The van der Waals surface area contributed by atoms with Gasteiger partial charge in [0.25, 0.3) is 0 Å². The lowest BCUT2D eigenvalue weighted by atomic mass is 10.1. The fourth-order valence-corrected chi connectivity index (χ4v) is 3.03. The van der Waals surface area contributed by atoms with Crippen molar-refractivity contribution in [2.24, 2.45) is 0 Å². The van der Waals surface area contributed by atoms with E-state index in [0.717, 1.165) is 27.9 Å². The minimum atomic E-state index is 0.348. The average molecular weight is 418 g/mol. The van der Waals surface area contributed by atoms with Crippen molar-refractivity contribution >= 4 is 0 Å². The number of hydrogen-bond acceptors (Lipinski definition) is 8. The minimum absolute atomic E-state index is 0.348. The Balaban J connectivity index is 1.60. The molecule has 0 amide bonds. The van der Waals surface area contributed by atoms with Crippen molar-refractivity contribution in [3.05, 3.63) is 84.6 Å². The van der Waals surface area contributed by atoms with Gasteiger partial charge in [-0.1, -0.05) is 30.3 Å². The summed E-state index contributed by atoms with van der Waals surface area (Å²) in [5, 5.41) is 0. The Labute approximate surface area is 184 Å². The summed E-state index contributed by atoms with van der Waals surface area (Å²) < 4.78 is 0. The van der Waals surface area contributed by atoms with Gasteiger partial charge in [0.2, 0.25) is 11.6 Å². The summed E-state index contributed by atoms with van der Waals surface area (Å²) in [5.41, 5.74) is 4.55. The lowest BCUT2D eigenvalue weighted by molar-refractivity contribution is 0.994. The third-order valence-electron chi connectivity index (χ3n) is 4.69. The summed E-state index contributed by atoms with van der Waals surface area (Å²) in [7, 11) is 0. The normalized spacial score (nSPS) is 10.8. The average Bonchev–Trinajstić information content (AvgIpc) is 2.85. The van der Waals surface area contributed by atoms with Crippen molar-refractivity contribution in [2.45, 2.75) is 13.8 Å². The largest absolute Gasteiger partial charge is 0.255 e. The van der Waals surface area contributed by atoms with Crippen LogP contribution in [0.4, 0.5) is 0 Å². The highest BCUT2D eigenvalue weighted by Gasteiger charge is 2.15. The zero-order valence-corrected chi connectivity index (χ0v) is 17.5. The molecule has 0 N–H and O–H groups in total. The molecule has 0 fully saturated rings. The highest BCUT2D eigenvalue weighted by atomic mass is 15.1. The van der Waals surface area contributed by atoms with Crippen LogP contribution < -0.4 is 0 Å². The molecule has 0 radical (unpaired) electrons. The van der Waals surface area contributed by atoms with Gasteiger partial charge in [0.15, 0.2) is 17.5 Å². The molecule has 5 rings (SSSR count). The van der Waals surface area contributed by atoms with Crippen molar-refractivity contribution in [3.8, 4) is 45.9 Å². The monoisotopic (exact) mass is 418 g/mol. The van der Waals surface area contributed by atoms with Crippen LogP contribution in [-0.4, -0.2) is 39.9 Å². The number of nitrogens with zero attached hydrogens (tertiary/aromatic N) is 8. The third-order valence-corrected chi connectivity index (χ3v) is 4.69. The van der Waals surface area contributed by atoms with Crippen molar-refractivity contribution < 1.29 is 0 Å². The first-order valence-corrected chi connectivity index (χ1v) is 10.0. The maximum Gasteiger partial charge on any atom is 0.201 e. The van der Waals surface area contributed by atoms with Gasteiger partial charge in [0.1, 0.15) is 0 Å². The number of hydrogen-bond donors (Lipinski definition) is 0. The van der Waals surface area contributed by atoms with Gasteiger partial charge in [-0.2, -0.15) is 0 Å². The van der Waals surface area contributed by atoms with E-state index in [9.17, 15) is 0 Å². The van der Waals surface area contributed by atoms with Crippen LogP contribution in [0.2, 0.25) is 0 Å². The second-order valence-electron chi connectivity index (χ2n) is 7.27. The number of aromatic nitrogens is 8. The standard InChI is InChI=1S/C24H18N8/c1-15-10-26-21(27-11-15)23-30-20(31-24(32-23)22-28-12-16(2)13-29-22)18-8-9-19(25-14-18)17-6-4-3-5-7-17/h3-14H,1-2H3. The van der Waals surface area contributed by atoms with E-state index in [1.54, 1.807) is 31.0 Å². The van der Waals surface area contributed by atoms with Crippen molar-refractivity contribution in [1.82, 2.24) is 39.9 Å². The Hall–Kier alpha value is -4.46. The first-order valence-electron chi connectivity index (χ1n) is 10.0. The van der Waals surface area contributed by atoms with Crippen molar-refractivity contribution in [3.63, 3.8) is 0 Å². The summed E-state index contributed by atoms with van der Waals surface area (Å²) in [6.45, 7) is 3.85. The summed E-state index contributed by atoms with van der Waals surface area (Å²) >= 11 is 0. The molecular formula is C24H18N8. The molecule has 0 unspecified atom stereocenters. The number of rotatable bonds is 4. The smallest absolute Gasteiger partial charge is 0.201 e. The van der Waals surface area contributed by atoms with Gasteiger partial charge in [-0.25, -0.2) is 34.9 Å². The van der Waals surface area contributed by atoms with Crippen LogP contribution in [0.15, 0.2) is 73.4 Å². The van der Waals surface area contributed by atoms with Crippen LogP contribution in [0.3, 0.4) is 0 Å². The minimum Gasteiger partial charge on any atom is -0.255 e. The van der Waals surface area contributed by atoms with Crippen molar-refractivity contribution in [1.29, 1.82) is 0 Å². The van der Waals surface area contributed by atoms with E-state index < -0.39 is 0 Å². The van der Waals surface area contributed by atoms with Gasteiger partial charge in [0, 0.05) is 42.1 Å². The Morgan fingerprint density at radius 3 is 1.47 bits per heavy atom. The van der Waals surface area contributed by atoms with Gasteiger partial charge >= 0.3 is 0 Å². The zero-order valence-electron chi connectivity index (χ0n) is 17.5. The summed E-state index contributed by atoms with van der Waals surface area (Å²) in [5.74, 6) is 1.95. The molecule has 0 bridgehead atoms. The molecule has 32 heavy (non-hydrogen) atoms. The first-order chi connectivity index (χ1) is 15.7. The molecule has 4 heterocycles. The fraction of sp³-hybridized carbons (Fsp3) is 0.0833. The predicted molar refractivity (Wildman–Crippen MR) is 120 cm³/mol. The number of aryl methyl sites for hydroxylation is 2. The van der Waals surface area contributed by atoms with Crippen LogP contribution in [0.5, 0.6) is 0 Å². The van der Waals surface area contributed by atoms with E-state index in [1.165, 1.54) is 0 Å². The van der Waals surface area contributed by atoms with Crippen LogP contribution in [0.25, 0.3) is 45.9 Å². The van der Waals surface area contributed by atoms with E-state index >= 15 is 0 Å². The Bertz CT molecular complexity index is 1290. The first kappa shape index (κ1) is 19.5. The van der Waals surface area contributed by atoms with E-state index in [4.69, 9.17) is 0 Å². The maximum absolute atomic E-state index is 4.61. The SMILES string of the molecule is Cc1cnc(-c2nc(-c3ccc(-c4ccccc4)nc3)nc(-c3ncc(C)cn3)n2)nc1. The van der Waals surface area contributed by atoms with Crippen LogP contribution in [-0.2, 0) is 0 Å². The molecule has 0 aliphatic rings. The third kappa shape index (κ3) is 4.06. The van der Waals surface area contributed by atoms with Gasteiger partial charge in [-0.15, -0.1) is 0 Å². The topological polar surface area (TPSA) is 103 Å². The highest BCUT2D eigenvalue weighted by molar-refractivity contribution is 5.65. The predicted octanol–water partition coefficient (Wildman–Crippen LogP) is 4.13. The molecule has 0 atom stereocenters. The van der Waals surface area contributed by atoms with Crippen LogP contribution in [0, 0.1) is 13.8 Å². The lowest BCUT2D eigenvalue weighted by Gasteiger charge is -2.07. The quantitative estimate of drug-likeness (QED) is 0.429. The van der Waals surface area contributed by atoms with E-state index in [-0.39, 0.29) is 0 Å². The second kappa shape index (κ2) is 8.35. The second-order valence-corrected chi connectivity index (χ2v) is 7.27. The summed E-state index contributed by atoms with van der Waals surface area (Å²) in [6, 6.07) is 13.9. The molecule has 0 spiro atoms. The number of benzene rings is 1. The maximum atomic E-state index is 4.61. The van der Waals surface area contributed by atoms with E-state index in [2.05, 4.69) is 39.9 Å². The molecule has 5 aromatic rings. The van der Waals surface area contributed by atoms with E-state index in [1.807, 2.05) is 56.3 Å². The Morgan fingerprint density at radius 2 is 0.969 bits per heavy atom. The molecule has 8 nitrogen and oxygen atoms in total. The molecule has 0 saturated heterocycles. The Kier molecular flexibility index (Phi) is 5.09. The lowest BCUT2D eigenvalue weighted by Crippen LogP contribution is -2.04. The molecule has 8 heteroatoms. The van der Waals surface area contributed by atoms with Gasteiger partial charge < -0.3 is 0 Å². The molecule has 0 aliphatic carbocycles. The molecular weight excluding hydrogens is 400 g/mol. The fourth-order valence-electron chi connectivity index (χ4n) is 3.03. The van der Waals surface area contributed by atoms with Gasteiger partial charge in [-0.3, -0.25) is 4.98 Å². The van der Waals surface area contributed by atoms with Crippen molar-refractivity contribution in [2.75, 3.05) is 0 Å². The van der Waals surface area contributed by atoms with Crippen LogP contribution >= 0.6 is 0 Å². The van der Waals surface area contributed by atoms with E-state index in [0.29, 0.717) is 29.1 Å².